The Labute approximate surface area is 140 Å². The molecule has 0 saturated heterocycles. The third-order valence-electron chi connectivity index (χ3n) is 3.58. The van der Waals surface area contributed by atoms with E-state index in [4.69, 9.17) is 4.74 Å². The van der Waals surface area contributed by atoms with E-state index < -0.39 is 0 Å². The molecule has 0 spiro atoms. The van der Waals surface area contributed by atoms with Gasteiger partial charge in [0.05, 0.1) is 0 Å². The van der Waals surface area contributed by atoms with Crippen LogP contribution in [-0.4, -0.2) is 16.0 Å². The highest BCUT2D eigenvalue weighted by Crippen LogP contribution is 2.23. The highest BCUT2D eigenvalue weighted by atomic mass is 32.2. The molecular weight excluding hydrogens is 308 g/mol. The van der Waals surface area contributed by atoms with Gasteiger partial charge in [-0.2, -0.15) is 0 Å². The van der Waals surface area contributed by atoms with Gasteiger partial charge in [0.1, 0.15) is 6.61 Å². The van der Waals surface area contributed by atoms with Crippen LogP contribution in [0, 0.1) is 12.8 Å². The van der Waals surface area contributed by atoms with Gasteiger partial charge in [-0.05, 0) is 37.3 Å². The second-order valence-corrected chi connectivity index (χ2v) is 6.82. The average molecular weight is 330 g/mol. The zero-order valence-electron chi connectivity index (χ0n) is 14.0. The van der Waals surface area contributed by atoms with E-state index >= 15 is 0 Å². The van der Waals surface area contributed by atoms with E-state index in [9.17, 15) is 4.79 Å². The van der Waals surface area contributed by atoms with Crippen molar-refractivity contribution in [3.8, 4) is 5.75 Å². The van der Waals surface area contributed by atoms with Gasteiger partial charge in [-0.1, -0.05) is 37.8 Å². The van der Waals surface area contributed by atoms with E-state index in [1.54, 1.807) is 37.1 Å². The Morgan fingerprint density at radius 3 is 2.96 bits per heavy atom. The number of pyridine rings is 1. The summed E-state index contributed by atoms with van der Waals surface area (Å²) in [5, 5.41) is 2.10. The fourth-order valence-electron chi connectivity index (χ4n) is 1.79. The van der Waals surface area contributed by atoms with Crippen molar-refractivity contribution in [3.63, 3.8) is 0 Å². The first-order valence-corrected chi connectivity index (χ1v) is 8.39. The van der Waals surface area contributed by atoms with Crippen LogP contribution in [0.1, 0.15) is 26.3 Å². The quantitative estimate of drug-likeness (QED) is 0.796. The number of fused-ring (bicyclic) bond motifs is 1. The van der Waals surface area contributed by atoms with Gasteiger partial charge in [0.2, 0.25) is 0 Å². The van der Waals surface area contributed by atoms with E-state index in [0.29, 0.717) is 29.5 Å². The highest BCUT2D eigenvalue weighted by Gasteiger charge is 2.07. The minimum Gasteiger partial charge on any atom is -0.484 e. The summed E-state index contributed by atoms with van der Waals surface area (Å²) in [5.41, 5.74) is 2.36. The summed E-state index contributed by atoms with van der Waals surface area (Å²) in [6.07, 6.45) is 3.27. The predicted octanol–water partition coefficient (Wildman–Crippen LogP) is 4.19. The molecule has 122 valence electrons. The summed E-state index contributed by atoms with van der Waals surface area (Å²) in [7, 11) is 0. The summed E-state index contributed by atoms with van der Waals surface area (Å²) in [6.45, 7) is 12.6. The van der Waals surface area contributed by atoms with Crippen molar-refractivity contribution in [2.75, 3.05) is 6.61 Å². The summed E-state index contributed by atoms with van der Waals surface area (Å²) in [4.78, 5) is 17.3. The fraction of sp³-hybridized carbons (Fsp3) is 0.333. The second kappa shape index (κ2) is 7.51. The van der Waals surface area contributed by atoms with E-state index in [2.05, 4.69) is 37.7 Å². The monoisotopic (exact) mass is 330 g/mol. The maximum atomic E-state index is 12.1. The summed E-state index contributed by atoms with van der Waals surface area (Å²) in [6, 6.07) is 3.59. The summed E-state index contributed by atoms with van der Waals surface area (Å²) < 4.78 is 7.30. The van der Waals surface area contributed by atoms with Crippen molar-refractivity contribution < 1.29 is 4.74 Å². The lowest BCUT2D eigenvalue weighted by Crippen LogP contribution is -2.17. The van der Waals surface area contributed by atoms with Crippen LogP contribution in [-0.2, 0) is 0 Å². The first kappa shape index (κ1) is 17.3. The molecule has 2 aromatic rings. The molecule has 0 saturated carbocycles. The van der Waals surface area contributed by atoms with E-state index in [-0.39, 0.29) is 5.56 Å². The fourth-order valence-corrected chi connectivity index (χ4v) is 2.54. The van der Waals surface area contributed by atoms with Crippen molar-refractivity contribution in [3.05, 3.63) is 62.9 Å². The van der Waals surface area contributed by atoms with Crippen LogP contribution in [0.4, 0.5) is 0 Å². The molecule has 0 atom stereocenters. The van der Waals surface area contributed by atoms with Crippen LogP contribution in [0.3, 0.4) is 0 Å². The van der Waals surface area contributed by atoms with Crippen LogP contribution in [0.5, 0.6) is 5.75 Å². The number of hydrogen-bond donors (Lipinski definition) is 0. The van der Waals surface area contributed by atoms with E-state index in [0.717, 1.165) is 4.91 Å². The lowest BCUT2D eigenvalue weighted by atomic mass is 10.1. The molecule has 0 N–H and O–H groups in total. The standard InChI is InChI=1S/C18H22N2O2S/c1-12(2)14(4)11-23-15(5)10-22-16-7-6-8-20-17(16)19-9-13(3)18(20)21/h6-9,11-12H,5,10H2,1-4H3/b14-11+. The Balaban J connectivity index is 2.11. The molecule has 0 aliphatic rings. The Bertz CT molecular complexity index is 806. The molecule has 0 unspecified atom stereocenters. The number of aromatic nitrogens is 2. The van der Waals surface area contributed by atoms with E-state index in [1.807, 2.05) is 6.07 Å². The first-order chi connectivity index (χ1) is 10.9. The van der Waals surface area contributed by atoms with Crippen LogP contribution >= 0.6 is 11.8 Å². The Morgan fingerprint density at radius 1 is 1.52 bits per heavy atom. The highest BCUT2D eigenvalue weighted by molar-refractivity contribution is 8.05. The molecule has 4 nitrogen and oxygen atoms in total. The molecule has 2 heterocycles. The van der Waals surface area contributed by atoms with Crippen LogP contribution in [0.25, 0.3) is 5.65 Å². The summed E-state index contributed by atoms with van der Waals surface area (Å²) in [5.74, 6) is 1.10. The number of rotatable bonds is 6. The third kappa shape index (κ3) is 4.26. The molecule has 2 rings (SSSR count). The second-order valence-electron chi connectivity index (χ2n) is 5.77. The molecule has 0 aromatic carbocycles. The molecule has 0 aliphatic carbocycles. The molecule has 0 bridgehead atoms. The van der Waals surface area contributed by atoms with Gasteiger partial charge in [0.15, 0.2) is 11.4 Å². The zero-order chi connectivity index (χ0) is 17.0. The molecule has 5 heteroatoms. The third-order valence-corrected chi connectivity index (χ3v) is 4.52. The van der Waals surface area contributed by atoms with E-state index in [1.165, 1.54) is 9.97 Å². The normalized spacial score (nSPS) is 12.0. The SMILES string of the molecule is C=C(COc1cccn2c(=O)c(C)cnc12)S/C=C(\C)C(C)C. The molecule has 23 heavy (non-hydrogen) atoms. The zero-order valence-corrected chi connectivity index (χ0v) is 14.8. The van der Waals surface area contributed by atoms with Crippen molar-refractivity contribution in [1.82, 2.24) is 9.38 Å². The largest absolute Gasteiger partial charge is 0.484 e. The Morgan fingerprint density at radius 2 is 2.26 bits per heavy atom. The lowest BCUT2D eigenvalue weighted by Gasteiger charge is -2.10. The maximum Gasteiger partial charge on any atom is 0.260 e. The van der Waals surface area contributed by atoms with Crippen LogP contribution in [0.15, 0.2) is 51.8 Å². The van der Waals surface area contributed by atoms with Crippen molar-refractivity contribution >= 4 is 17.4 Å². The number of hydrogen-bond acceptors (Lipinski definition) is 4. The number of allylic oxidation sites excluding steroid dienone is 1. The molecule has 0 aliphatic heterocycles. The van der Waals surface area contributed by atoms with Gasteiger partial charge in [0, 0.05) is 22.9 Å². The topological polar surface area (TPSA) is 43.6 Å². The van der Waals surface area contributed by atoms with Gasteiger partial charge in [0.25, 0.3) is 5.56 Å². The smallest absolute Gasteiger partial charge is 0.260 e. The van der Waals surface area contributed by atoms with Gasteiger partial charge in [-0.15, -0.1) is 0 Å². The maximum absolute atomic E-state index is 12.1. The Hall–Kier alpha value is -2.01. The molecule has 2 aromatic heterocycles. The van der Waals surface area contributed by atoms with Gasteiger partial charge in [-0.25, -0.2) is 4.98 Å². The van der Waals surface area contributed by atoms with Gasteiger partial charge < -0.3 is 4.74 Å². The van der Waals surface area contributed by atoms with Crippen molar-refractivity contribution in [2.24, 2.45) is 5.92 Å². The predicted molar refractivity (Wildman–Crippen MR) is 97.0 cm³/mol. The lowest BCUT2D eigenvalue weighted by molar-refractivity contribution is 0.362. The van der Waals surface area contributed by atoms with Crippen molar-refractivity contribution in [2.45, 2.75) is 27.7 Å². The molecule has 0 fully saturated rings. The molecule has 0 amide bonds. The van der Waals surface area contributed by atoms with Gasteiger partial charge in [-0.3, -0.25) is 9.20 Å². The van der Waals surface area contributed by atoms with Crippen LogP contribution in [0.2, 0.25) is 0 Å². The van der Waals surface area contributed by atoms with Crippen molar-refractivity contribution in [1.29, 1.82) is 0 Å². The summed E-state index contributed by atoms with van der Waals surface area (Å²) >= 11 is 1.57. The minimum absolute atomic E-state index is 0.0795. The number of aryl methyl sites for hydroxylation is 1. The number of ether oxygens (including phenoxy) is 1. The first-order valence-electron chi connectivity index (χ1n) is 7.51. The molecular formula is C18H22N2O2S. The van der Waals surface area contributed by atoms with Gasteiger partial charge >= 0.3 is 0 Å². The molecule has 0 radical (unpaired) electrons. The van der Waals surface area contributed by atoms with Crippen LogP contribution < -0.4 is 10.3 Å². The average Bonchev–Trinajstić information content (AvgIpc) is 2.53. The number of thioether (sulfide) groups is 1. The Kier molecular flexibility index (Phi) is 5.66. The number of nitrogens with zero attached hydrogens (tertiary/aromatic N) is 2. The minimum atomic E-state index is -0.0795.